The lowest BCUT2D eigenvalue weighted by molar-refractivity contribution is -0.0704. The number of benzene rings is 1. The first kappa shape index (κ1) is 20.7. The van der Waals surface area contributed by atoms with Crippen molar-refractivity contribution in [2.24, 2.45) is 0 Å². The van der Waals surface area contributed by atoms with E-state index < -0.39 is 0 Å². The highest BCUT2D eigenvalue weighted by molar-refractivity contribution is 7.09. The Morgan fingerprint density at radius 1 is 1.13 bits per heavy atom. The molecule has 0 spiro atoms. The van der Waals surface area contributed by atoms with Gasteiger partial charge in [0, 0.05) is 48.5 Å². The SMILES string of the molecule is CC1CN(Cc2ccc(C(=O)NCc3nc(-c4ccncc4)cs3)cc2)CC(C)O1. The third kappa shape index (κ3) is 5.30. The molecule has 0 radical (unpaired) electrons. The maximum atomic E-state index is 12.5. The second kappa shape index (κ2) is 9.47. The van der Waals surface area contributed by atoms with Crippen LogP contribution in [0.15, 0.2) is 54.2 Å². The van der Waals surface area contributed by atoms with Crippen LogP contribution in [0.5, 0.6) is 0 Å². The first-order valence-electron chi connectivity index (χ1n) is 10.2. The molecule has 2 aromatic heterocycles. The third-order valence-corrected chi connectivity index (χ3v) is 5.89. The number of ether oxygens (including phenoxy) is 1. The van der Waals surface area contributed by atoms with Crippen LogP contribution in [-0.2, 0) is 17.8 Å². The van der Waals surface area contributed by atoms with Gasteiger partial charge in [-0.3, -0.25) is 14.7 Å². The lowest BCUT2D eigenvalue weighted by Crippen LogP contribution is -2.44. The summed E-state index contributed by atoms with van der Waals surface area (Å²) in [5.74, 6) is -0.0872. The Morgan fingerprint density at radius 2 is 1.83 bits per heavy atom. The molecule has 7 heteroatoms. The summed E-state index contributed by atoms with van der Waals surface area (Å²) < 4.78 is 5.79. The molecule has 2 atom stereocenters. The molecule has 1 aliphatic rings. The zero-order chi connectivity index (χ0) is 20.9. The first-order valence-corrected chi connectivity index (χ1v) is 11.0. The topological polar surface area (TPSA) is 67.4 Å². The number of hydrogen-bond acceptors (Lipinski definition) is 6. The van der Waals surface area contributed by atoms with Gasteiger partial charge in [0.15, 0.2) is 0 Å². The summed E-state index contributed by atoms with van der Waals surface area (Å²) in [7, 11) is 0. The van der Waals surface area contributed by atoms with Gasteiger partial charge in [0.05, 0.1) is 24.4 Å². The quantitative estimate of drug-likeness (QED) is 0.655. The number of rotatable bonds is 6. The minimum Gasteiger partial charge on any atom is -0.373 e. The molecule has 0 saturated carbocycles. The second-order valence-electron chi connectivity index (χ2n) is 7.69. The van der Waals surface area contributed by atoms with Gasteiger partial charge in [-0.25, -0.2) is 4.98 Å². The molecule has 1 saturated heterocycles. The lowest BCUT2D eigenvalue weighted by Gasteiger charge is -2.35. The second-order valence-corrected chi connectivity index (χ2v) is 8.64. The van der Waals surface area contributed by atoms with Crippen molar-refractivity contribution in [1.82, 2.24) is 20.2 Å². The first-order chi connectivity index (χ1) is 14.6. The van der Waals surface area contributed by atoms with E-state index in [1.165, 1.54) is 5.56 Å². The summed E-state index contributed by atoms with van der Waals surface area (Å²) >= 11 is 1.54. The summed E-state index contributed by atoms with van der Waals surface area (Å²) in [6.07, 6.45) is 4.01. The van der Waals surface area contributed by atoms with Crippen molar-refractivity contribution in [3.05, 3.63) is 70.3 Å². The van der Waals surface area contributed by atoms with E-state index in [0.717, 1.165) is 35.9 Å². The Kier molecular flexibility index (Phi) is 6.52. The number of nitrogens with one attached hydrogen (secondary N) is 1. The average Bonchev–Trinajstić information content (AvgIpc) is 3.22. The average molecular weight is 423 g/mol. The Balaban J connectivity index is 1.30. The van der Waals surface area contributed by atoms with E-state index in [1.54, 1.807) is 23.7 Å². The van der Waals surface area contributed by atoms with Crippen molar-refractivity contribution in [1.29, 1.82) is 0 Å². The number of morpholine rings is 1. The molecular weight excluding hydrogens is 396 g/mol. The largest absolute Gasteiger partial charge is 0.373 e. The van der Waals surface area contributed by atoms with Crippen LogP contribution in [0, 0.1) is 0 Å². The Morgan fingerprint density at radius 3 is 2.53 bits per heavy atom. The molecule has 1 N–H and O–H groups in total. The molecule has 3 aromatic rings. The van der Waals surface area contributed by atoms with E-state index >= 15 is 0 Å². The van der Waals surface area contributed by atoms with Crippen molar-refractivity contribution >= 4 is 17.2 Å². The van der Waals surface area contributed by atoms with Crippen LogP contribution in [0.4, 0.5) is 0 Å². The fourth-order valence-corrected chi connectivity index (χ4v) is 4.48. The van der Waals surface area contributed by atoms with Crippen LogP contribution >= 0.6 is 11.3 Å². The summed E-state index contributed by atoms with van der Waals surface area (Å²) in [4.78, 5) is 23.5. The summed E-state index contributed by atoms with van der Waals surface area (Å²) in [5, 5.41) is 5.84. The number of amides is 1. The fourth-order valence-electron chi connectivity index (χ4n) is 3.74. The smallest absolute Gasteiger partial charge is 0.251 e. The number of nitrogens with zero attached hydrogens (tertiary/aromatic N) is 3. The van der Waals surface area contributed by atoms with Crippen LogP contribution < -0.4 is 5.32 Å². The zero-order valence-electron chi connectivity index (χ0n) is 17.2. The van der Waals surface area contributed by atoms with Gasteiger partial charge >= 0.3 is 0 Å². The van der Waals surface area contributed by atoms with Crippen LogP contribution in [0.2, 0.25) is 0 Å². The molecule has 0 bridgehead atoms. The van der Waals surface area contributed by atoms with Crippen LogP contribution in [-0.4, -0.2) is 46.1 Å². The Bertz CT molecular complexity index is 964. The van der Waals surface area contributed by atoms with Crippen molar-refractivity contribution in [3.63, 3.8) is 0 Å². The van der Waals surface area contributed by atoms with E-state index in [1.807, 2.05) is 41.8 Å². The molecule has 4 rings (SSSR count). The molecule has 30 heavy (non-hydrogen) atoms. The van der Waals surface area contributed by atoms with Crippen LogP contribution in [0.25, 0.3) is 11.3 Å². The number of carbonyl (C=O) groups is 1. The third-order valence-electron chi connectivity index (χ3n) is 5.05. The molecule has 2 unspecified atom stereocenters. The summed E-state index contributed by atoms with van der Waals surface area (Å²) in [6.45, 7) is 7.37. The van der Waals surface area contributed by atoms with Crippen LogP contribution in [0.1, 0.15) is 34.8 Å². The van der Waals surface area contributed by atoms with Gasteiger partial charge in [-0.1, -0.05) is 12.1 Å². The van der Waals surface area contributed by atoms with Crippen molar-refractivity contribution in [2.45, 2.75) is 39.1 Å². The minimum absolute atomic E-state index is 0.0872. The van der Waals surface area contributed by atoms with Gasteiger partial charge in [0.1, 0.15) is 5.01 Å². The van der Waals surface area contributed by atoms with Crippen LogP contribution in [0.3, 0.4) is 0 Å². The Hall–Kier alpha value is -2.61. The highest BCUT2D eigenvalue weighted by Crippen LogP contribution is 2.21. The fraction of sp³-hybridized carbons (Fsp3) is 0.348. The van der Waals surface area contributed by atoms with Gasteiger partial charge in [0.25, 0.3) is 5.91 Å². The van der Waals surface area contributed by atoms with Crippen molar-refractivity contribution < 1.29 is 9.53 Å². The molecule has 3 heterocycles. The maximum absolute atomic E-state index is 12.5. The standard InChI is InChI=1S/C23H26N4O2S/c1-16-12-27(13-17(2)29-16)14-18-3-5-20(6-4-18)23(28)25-11-22-26-21(15-30-22)19-7-9-24-10-8-19/h3-10,15-17H,11-14H2,1-2H3,(H,25,28). The van der Waals surface area contributed by atoms with Gasteiger partial charge in [0.2, 0.25) is 0 Å². The van der Waals surface area contributed by atoms with E-state index in [-0.39, 0.29) is 18.1 Å². The zero-order valence-corrected chi connectivity index (χ0v) is 18.1. The molecule has 1 amide bonds. The summed E-state index contributed by atoms with van der Waals surface area (Å²) in [6, 6.07) is 11.7. The molecule has 156 valence electrons. The summed E-state index contributed by atoms with van der Waals surface area (Å²) in [5.41, 5.74) is 3.80. The van der Waals surface area contributed by atoms with E-state index in [4.69, 9.17) is 4.74 Å². The van der Waals surface area contributed by atoms with E-state index in [2.05, 4.69) is 34.0 Å². The van der Waals surface area contributed by atoms with Crippen molar-refractivity contribution in [2.75, 3.05) is 13.1 Å². The number of thiazole rings is 1. The van der Waals surface area contributed by atoms with Gasteiger partial charge in [-0.05, 0) is 43.7 Å². The number of aromatic nitrogens is 2. The molecule has 1 aromatic carbocycles. The maximum Gasteiger partial charge on any atom is 0.251 e. The molecule has 6 nitrogen and oxygen atoms in total. The highest BCUT2D eigenvalue weighted by Gasteiger charge is 2.22. The highest BCUT2D eigenvalue weighted by atomic mass is 32.1. The van der Waals surface area contributed by atoms with E-state index in [9.17, 15) is 4.79 Å². The lowest BCUT2D eigenvalue weighted by atomic mass is 10.1. The normalized spacial score (nSPS) is 19.5. The molecule has 0 aliphatic carbocycles. The van der Waals surface area contributed by atoms with Crippen molar-refractivity contribution in [3.8, 4) is 11.3 Å². The predicted molar refractivity (Wildman–Crippen MR) is 118 cm³/mol. The number of pyridine rings is 1. The predicted octanol–water partition coefficient (Wildman–Crippen LogP) is 3.74. The van der Waals surface area contributed by atoms with Gasteiger partial charge in [-0.2, -0.15) is 0 Å². The monoisotopic (exact) mass is 422 g/mol. The van der Waals surface area contributed by atoms with E-state index in [0.29, 0.717) is 12.1 Å². The van der Waals surface area contributed by atoms with Gasteiger partial charge in [-0.15, -0.1) is 11.3 Å². The molecule has 1 fully saturated rings. The number of carbonyl (C=O) groups excluding carboxylic acids is 1. The Labute approximate surface area is 180 Å². The molecule has 1 aliphatic heterocycles. The number of hydrogen-bond donors (Lipinski definition) is 1. The van der Waals surface area contributed by atoms with Gasteiger partial charge < -0.3 is 10.1 Å². The molecular formula is C23H26N4O2S. The minimum atomic E-state index is -0.0872.